The maximum Gasteiger partial charge on any atom is 0.193 e. The van der Waals surface area contributed by atoms with E-state index in [0.29, 0.717) is 28.4 Å². The highest BCUT2D eigenvalue weighted by Gasteiger charge is 2.25. The summed E-state index contributed by atoms with van der Waals surface area (Å²) in [6.07, 6.45) is 2.57. The Kier molecular flexibility index (Phi) is 8.12. The monoisotopic (exact) mass is 473 g/mol. The summed E-state index contributed by atoms with van der Waals surface area (Å²) in [5, 5.41) is 13.5. The van der Waals surface area contributed by atoms with E-state index in [-0.39, 0.29) is 37.7 Å². The molecule has 32 heavy (non-hydrogen) atoms. The molecule has 3 aromatic rings. The van der Waals surface area contributed by atoms with Crippen LogP contribution in [0.1, 0.15) is 27.9 Å². The van der Waals surface area contributed by atoms with Crippen LogP contribution >= 0.6 is 25.1 Å². The Labute approximate surface area is 198 Å². The summed E-state index contributed by atoms with van der Waals surface area (Å²) in [5.41, 5.74) is 3.10. The molecule has 8 heteroatoms. The molecule has 0 bridgehead atoms. The second-order valence-corrected chi connectivity index (χ2v) is 8.03. The smallest absolute Gasteiger partial charge is 0.193 e. The van der Waals surface area contributed by atoms with E-state index in [4.69, 9.17) is 11.6 Å². The molecule has 0 saturated carbocycles. The molecule has 1 atom stereocenters. The second-order valence-electron chi connectivity index (χ2n) is 7.59. The average Bonchev–Trinajstić information content (AvgIpc) is 3.24. The summed E-state index contributed by atoms with van der Waals surface area (Å²) >= 11 is 5.92. The molecule has 168 valence electrons. The largest absolute Gasteiger partial charge is 0.396 e. The second kappa shape index (κ2) is 10.8. The van der Waals surface area contributed by atoms with Crippen molar-refractivity contribution in [1.82, 2.24) is 4.98 Å². The van der Waals surface area contributed by atoms with E-state index in [9.17, 15) is 14.3 Å². The summed E-state index contributed by atoms with van der Waals surface area (Å²) in [6.45, 7) is 1.59. The van der Waals surface area contributed by atoms with Crippen LogP contribution in [0.2, 0.25) is 5.02 Å². The van der Waals surface area contributed by atoms with Crippen molar-refractivity contribution in [2.45, 2.75) is 18.9 Å². The number of pyridine rings is 1. The minimum absolute atomic E-state index is 0. The molecule has 4 rings (SSSR count). The van der Waals surface area contributed by atoms with E-state index in [1.54, 1.807) is 30.3 Å². The molecule has 1 aliphatic heterocycles. The van der Waals surface area contributed by atoms with Gasteiger partial charge in [-0.05, 0) is 73.0 Å². The maximum atomic E-state index is 13.1. The number of rotatable bonds is 7. The lowest BCUT2D eigenvalue weighted by atomic mass is 9.98. The predicted octanol–water partition coefficient (Wildman–Crippen LogP) is 4.44. The number of aromatic nitrogens is 1. The van der Waals surface area contributed by atoms with Crippen molar-refractivity contribution in [2.24, 2.45) is 0 Å². The van der Waals surface area contributed by atoms with Crippen molar-refractivity contribution in [1.29, 1.82) is 0 Å². The van der Waals surface area contributed by atoms with Gasteiger partial charge in [-0.1, -0.05) is 11.6 Å². The molecular weight excluding hydrogens is 449 g/mol. The number of carbonyl (C=O) groups is 1. The van der Waals surface area contributed by atoms with Gasteiger partial charge in [-0.2, -0.15) is 13.5 Å². The van der Waals surface area contributed by atoms with Crippen molar-refractivity contribution < 1.29 is 14.3 Å². The van der Waals surface area contributed by atoms with Gasteiger partial charge in [0, 0.05) is 47.6 Å². The number of benzene rings is 2. The number of carbonyl (C=O) groups excluding carboxylic acids is 1. The minimum Gasteiger partial charge on any atom is -0.396 e. The molecule has 0 amide bonds. The summed E-state index contributed by atoms with van der Waals surface area (Å²) < 4.78 is 13.1. The Balaban J connectivity index is 0.00000289. The van der Waals surface area contributed by atoms with Gasteiger partial charge < -0.3 is 15.3 Å². The lowest BCUT2D eigenvalue weighted by Crippen LogP contribution is -2.27. The van der Waals surface area contributed by atoms with Crippen molar-refractivity contribution in [3.63, 3.8) is 0 Å². The first-order chi connectivity index (χ1) is 15.0. The normalized spacial score (nSPS) is 15.3. The van der Waals surface area contributed by atoms with Gasteiger partial charge in [0.05, 0.1) is 6.20 Å². The molecule has 2 aromatic carbocycles. The summed E-state index contributed by atoms with van der Waals surface area (Å²) in [5.74, 6) is 0.207. The van der Waals surface area contributed by atoms with Gasteiger partial charge in [0.25, 0.3) is 0 Å². The van der Waals surface area contributed by atoms with Gasteiger partial charge in [-0.25, -0.2) is 9.37 Å². The van der Waals surface area contributed by atoms with Gasteiger partial charge in [0.2, 0.25) is 0 Å². The first-order valence-electron chi connectivity index (χ1n) is 10.2. The highest BCUT2D eigenvalue weighted by Crippen LogP contribution is 2.28. The van der Waals surface area contributed by atoms with Crippen LogP contribution < -0.4 is 10.2 Å². The third kappa shape index (κ3) is 5.59. The van der Waals surface area contributed by atoms with Crippen LogP contribution in [0.4, 0.5) is 15.9 Å². The van der Waals surface area contributed by atoms with Crippen molar-refractivity contribution >= 4 is 42.4 Å². The van der Waals surface area contributed by atoms with Crippen LogP contribution in [0.3, 0.4) is 0 Å². The molecular formula is C24H25ClFN3O2S. The standard InChI is InChI=1S/C24H23ClFN3O2.H2S/c25-19-4-1-16(2-5-19)24(31)18-3-7-22(17(13-18)10-12-30)29-11-9-21(15-29)28-23-8-6-20(26)14-27-23;/h1-8,13-14,21,30H,9-12,15H2,(H,27,28);1H2/t21-;/m0./s1. The van der Waals surface area contributed by atoms with Crippen molar-refractivity contribution in [3.8, 4) is 0 Å². The third-order valence-corrected chi connectivity index (χ3v) is 5.69. The number of ketones is 1. The Morgan fingerprint density at radius 1 is 1.16 bits per heavy atom. The molecule has 0 radical (unpaired) electrons. The molecule has 2 N–H and O–H groups in total. The highest BCUT2D eigenvalue weighted by molar-refractivity contribution is 7.59. The Morgan fingerprint density at radius 2 is 1.91 bits per heavy atom. The lowest BCUT2D eigenvalue weighted by Gasteiger charge is -2.23. The fourth-order valence-electron chi connectivity index (χ4n) is 3.89. The predicted molar refractivity (Wildman–Crippen MR) is 131 cm³/mol. The number of aliphatic hydroxyl groups is 1. The Hall–Kier alpha value is -2.61. The molecule has 0 aliphatic carbocycles. The van der Waals surface area contributed by atoms with E-state index in [2.05, 4.69) is 15.2 Å². The molecule has 1 fully saturated rings. The zero-order chi connectivity index (χ0) is 21.8. The van der Waals surface area contributed by atoms with Gasteiger partial charge in [0.1, 0.15) is 11.6 Å². The van der Waals surface area contributed by atoms with E-state index < -0.39 is 0 Å². The van der Waals surface area contributed by atoms with Gasteiger partial charge in [0.15, 0.2) is 5.78 Å². The SMILES string of the molecule is O=C(c1ccc(Cl)cc1)c1ccc(N2CC[C@H](Nc3ccc(F)cn3)C2)c(CCO)c1.S. The van der Waals surface area contributed by atoms with E-state index in [0.717, 1.165) is 30.8 Å². The van der Waals surface area contributed by atoms with Crippen LogP contribution in [0.5, 0.6) is 0 Å². The third-order valence-electron chi connectivity index (χ3n) is 5.44. The van der Waals surface area contributed by atoms with Crippen molar-refractivity contribution in [2.75, 3.05) is 29.9 Å². The molecule has 0 spiro atoms. The van der Waals surface area contributed by atoms with Crippen LogP contribution in [0.25, 0.3) is 0 Å². The fraction of sp³-hybridized carbons (Fsp3) is 0.250. The zero-order valence-electron chi connectivity index (χ0n) is 17.4. The molecule has 1 saturated heterocycles. The zero-order valence-corrected chi connectivity index (χ0v) is 19.1. The number of hydrogen-bond donors (Lipinski definition) is 2. The van der Waals surface area contributed by atoms with Gasteiger partial charge >= 0.3 is 0 Å². The molecule has 1 aromatic heterocycles. The van der Waals surface area contributed by atoms with E-state index >= 15 is 0 Å². The number of halogens is 2. The number of anilines is 2. The Morgan fingerprint density at radius 3 is 2.59 bits per heavy atom. The number of nitrogens with one attached hydrogen (secondary N) is 1. The van der Waals surface area contributed by atoms with Gasteiger partial charge in [-0.3, -0.25) is 4.79 Å². The minimum atomic E-state index is -0.361. The van der Waals surface area contributed by atoms with Crippen LogP contribution in [-0.2, 0) is 6.42 Å². The quantitative estimate of drug-likeness (QED) is 0.496. The molecule has 1 aliphatic rings. The van der Waals surface area contributed by atoms with Crippen LogP contribution in [0, 0.1) is 5.82 Å². The lowest BCUT2D eigenvalue weighted by molar-refractivity contribution is 0.103. The van der Waals surface area contributed by atoms with Crippen LogP contribution in [0.15, 0.2) is 60.8 Å². The van der Waals surface area contributed by atoms with Gasteiger partial charge in [-0.15, -0.1) is 0 Å². The molecule has 2 heterocycles. The molecule has 0 unspecified atom stereocenters. The fourth-order valence-corrected chi connectivity index (χ4v) is 4.02. The average molecular weight is 474 g/mol. The molecule has 5 nitrogen and oxygen atoms in total. The number of hydrogen-bond acceptors (Lipinski definition) is 5. The van der Waals surface area contributed by atoms with Crippen LogP contribution in [-0.4, -0.2) is 41.6 Å². The van der Waals surface area contributed by atoms with E-state index in [1.807, 2.05) is 18.2 Å². The topological polar surface area (TPSA) is 65.5 Å². The number of aliphatic hydroxyl groups excluding tert-OH is 1. The Bertz CT molecular complexity index is 1060. The number of nitrogens with zero attached hydrogens (tertiary/aromatic N) is 2. The highest BCUT2D eigenvalue weighted by atomic mass is 35.5. The summed E-state index contributed by atoms with van der Waals surface area (Å²) in [7, 11) is 0. The van der Waals surface area contributed by atoms with Crippen molar-refractivity contribution in [3.05, 3.63) is 88.3 Å². The maximum absolute atomic E-state index is 13.1. The summed E-state index contributed by atoms with van der Waals surface area (Å²) in [6, 6.07) is 15.7. The first kappa shape index (κ1) is 24.0. The summed E-state index contributed by atoms with van der Waals surface area (Å²) in [4.78, 5) is 19.2. The first-order valence-corrected chi connectivity index (χ1v) is 10.6. The van der Waals surface area contributed by atoms with E-state index in [1.165, 1.54) is 12.3 Å².